The minimum Gasteiger partial charge on any atom is -0.375 e. The Morgan fingerprint density at radius 3 is 2.67 bits per heavy atom. The lowest BCUT2D eigenvalue weighted by Crippen LogP contribution is -2.47. The molecule has 1 aromatic heterocycles. The number of likely N-dealkylation sites (tertiary alicyclic amines) is 1. The van der Waals surface area contributed by atoms with Gasteiger partial charge in [0, 0.05) is 26.2 Å². The lowest BCUT2D eigenvalue weighted by Gasteiger charge is -2.32. The van der Waals surface area contributed by atoms with Gasteiger partial charge in [0.25, 0.3) is 5.91 Å². The van der Waals surface area contributed by atoms with Gasteiger partial charge in [-0.1, -0.05) is 11.3 Å². The van der Waals surface area contributed by atoms with Crippen LogP contribution in [0.5, 0.6) is 0 Å². The van der Waals surface area contributed by atoms with E-state index < -0.39 is 0 Å². The summed E-state index contributed by atoms with van der Waals surface area (Å²) in [6.07, 6.45) is 1.49. The summed E-state index contributed by atoms with van der Waals surface area (Å²) < 4.78 is 4.78. The number of methoxy groups -OCH3 is 1. The molecule has 0 unspecified atom stereocenters. The first kappa shape index (κ1) is 15.7. The fourth-order valence-corrected chi connectivity index (χ4v) is 3.19. The third-order valence-electron chi connectivity index (χ3n) is 3.43. The van der Waals surface area contributed by atoms with Crippen LogP contribution in [0.4, 0.5) is 5.13 Å². The first-order valence-corrected chi connectivity index (χ1v) is 7.63. The molecule has 116 valence electrons. The molecule has 8 heteroatoms. The summed E-state index contributed by atoms with van der Waals surface area (Å²) in [6.45, 7) is 3.10. The van der Waals surface area contributed by atoms with E-state index in [-0.39, 0.29) is 24.5 Å². The van der Waals surface area contributed by atoms with Crippen molar-refractivity contribution < 1.29 is 14.3 Å². The Morgan fingerprint density at radius 1 is 1.48 bits per heavy atom. The molecular weight excluding hydrogens is 292 g/mol. The minimum absolute atomic E-state index is 0.0247. The first-order chi connectivity index (χ1) is 10.0. The molecule has 21 heavy (non-hydrogen) atoms. The highest BCUT2D eigenvalue weighted by molar-refractivity contribution is 7.17. The Morgan fingerprint density at radius 2 is 2.14 bits per heavy atom. The molecule has 7 nitrogen and oxygen atoms in total. The third kappa shape index (κ3) is 3.92. The summed E-state index contributed by atoms with van der Waals surface area (Å²) in [5.41, 5.74) is 6.31. The zero-order valence-corrected chi connectivity index (χ0v) is 13.0. The Kier molecular flexibility index (Phi) is 5.13. The summed E-state index contributed by atoms with van der Waals surface area (Å²) in [4.78, 5) is 30.3. The second-order valence-corrected chi connectivity index (χ2v) is 6.06. The minimum atomic E-state index is -0.117. The number of nitrogens with one attached hydrogen (secondary N) is 1. The van der Waals surface area contributed by atoms with Crippen molar-refractivity contribution in [2.75, 3.05) is 32.5 Å². The molecule has 1 aromatic rings. The van der Waals surface area contributed by atoms with Crippen molar-refractivity contribution >= 4 is 28.3 Å². The van der Waals surface area contributed by atoms with E-state index >= 15 is 0 Å². The number of aryl methyl sites for hydroxylation is 1. The summed E-state index contributed by atoms with van der Waals surface area (Å²) in [5, 5.41) is 3.32. The number of nitrogen functional groups attached to an aromatic ring is 1. The smallest absolute Gasteiger partial charge is 0.265 e. The molecule has 2 amide bonds. The maximum atomic E-state index is 12.4. The van der Waals surface area contributed by atoms with Crippen LogP contribution in [0.15, 0.2) is 0 Å². The fourth-order valence-electron chi connectivity index (χ4n) is 2.39. The maximum absolute atomic E-state index is 12.4. The number of piperidine rings is 1. The van der Waals surface area contributed by atoms with Crippen LogP contribution in [-0.4, -0.2) is 54.5 Å². The van der Waals surface area contributed by atoms with Gasteiger partial charge in [-0.2, -0.15) is 0 Å². The number of hydrogen-bond acceptors (Lipinski definition) is 6. The lowest BCUT2D eigenvalue weighted by atomic mass is 10.0. The molecule has 0 aromatic carbocycles. The van der Waals surface area contributed by atoms with Crippen LogP contribution < -0.4 is 11.1 Å². The molecule has 1 aliphatic rings. The summed E-state index contributed by atoms with van der Waals surface area (Å²) in [6, 6.07) is 0.101. The molecule has 1 saturated heterocycles. The molecule has 2 rings (SSSR count). The predicted molar refractivity (Wildman–Crippen MR) is 80.2 cm³/mol. The number of thiazole rings is 1. The highest BCUT2D eigenvalue weighted by atomic mass is 32.1. The molecule has 0 radical (unpaired) electrons. The zero-order valence-electron chi connectivity index (χ0n) is 12.2. The van der Waals surface area contributed by atoms with E-state index in [0.29, 0.717) is 28.8 Å². The standard InChI is InChI=1S/C13H20N4O3S/c1-8-11(21-13(14)15-8)12(19)17-5-3-9(4-6-17)16-10(18)7-20-2/h9H,3-7H2,1-2H3,(H2,14,15)(H,16,18). The first-order valence-electron chi connectivity index (χ1n) is 6.81. The second-order valence-electron chi connectivity index (χ2n) is 5.03. The van der Waals surface area contributed by atoms with Gasteiger partial charge in [0.15, 0.2) is 5.13 Å². The Labute approximate surface area is 127 Å². The Bertz CT molecular complexity index is 523. The average Bonchev–Trinajstić information content (AvgIpc) is 2.78. The van der Waals surface area contributed by atoms with Crippen LogP contribution in [0.2, 0.25) is 0 Å². The van der Waals surface area contributed by atoms with Crippen LogP contribution >= 0.6 is 11.3 Å². The number of nitrogens with zero attached hydrogens (tertiary/aromatic N) is 2. The monoisotopic (exact) mass is 312 g/mol. The molecular formula is C13H20N4O3S. The number of amides is 2. The number of hydrogen-bond donors (Lipinski definition) is 2. The molecule has 0 saturated carbocycles. The maximum Gasteiger partial charge on any atom is 0.265 e. The average molecular weight is 312 g/mol. The topological polar surface area (TPSA) is 97.5 Å². The van der Waals surface area contributed by atoms with Crippen molar-refractivity contribution in [3.8, 4) is 0 Å². The second kappa shape index (κ2) is 6.86. The highest BCUT2D eigenvalue weighted by Crippen LogP contribution is 2.23. The van der Waals surface area contributed by atoms with Gasteiger partial charge in [0.1, 0.15) is 11.5 Å². The number of ether oxygens (including phenoxy) is 1. The van der Waals surface area contributed by atoms with E-state index in [1.807, 2.05) is 0 Å². The van der Waals surface area contributed by atoms with Crippen molar-refractivity contribution in [2.45, 2.75) is 25.8 Å². The Hall–Kier alpha value is -1.67. The number of carbonyl (C=O) groups is 2. The molecule has 3 N–H and O–H groups in total. The molecule has 0 aliphatic carbocycles. The summed E-state index contributed by atoms with van der Waals surface area (Å²) >= 11 is 1.22. The van der Waals surface area contributed by atoms with E-state index in [1.54, 1.807) is 11.8 Å². The summed E-state index contributed by atoms with van der Waals surface area (Å²) in [5.74, 6) is -0.142. The predicted octanol–water partition coefficient (Wildman–Crippen LogP) is 0.401. The van der Waals surface area contributed by atoms with Crippen LogP contribution in [0.25, 0.3) is 0 Å². The third-order valence-corrected chi connectivity index (χ3v) is 4.40. The van der Waals surface area contributed by atoms with Gasteiger partial charge in [0.2, 0.25) is 5.91 Å². The van der Waals surface area contributed by atoms with Gasteiger partial charge in [-0.05, 0) is 19.8 Å². The molecule has 0 atom stereocenters. The normalized spacial score (nSPS) is 16.0. The number of rotatable bonds is 4. The van der Waals surface area contributed by atoms with Crippen LogP contribution in [-0.2, 0) is 9.53 Å². The number of carbonyl (C=O) groups excluding carboxylic acids is 2. The van der Waals surface area contributed by atoms with Crippen molar-refractivity contribution in [3.63, 3.8) is 0 Å². The molecule has 0 bridgehead atoms. The number of nitrogens with two attached hydrogens (primary N) is 1. The molecule has 1 aliphatic heterocycles. The van der Waals surface area contributed by atoms with Crippen molar-refractivity contribution in [1.82, 2.24) is 15.2 Å². The number of aromatic nitrogens is 1. The Balaban J connectivity index is 1.87. The van der Waals surface area contributed by atoms with E-state index in [0.717, 1.165) is 12.8 Å². The van der Waals surface area contributed by atoms with Crippen LogP contribution in [0, 0.1) is 6.92 Å². The van der Waals surface area contributed by atoms with Gasteiger partial charge in [-0.15, -0.1) is 0 Å². The van der Waals surface area contributed by atoms with Crippen LogP contribution in [0.1, 0.15) is 28.2 Å². The largest absolute Gasteiger partial charge is 0.375 e. The van der Waals surface area contributed by atoms with Crippen molar-refractivity contribution in [2.24, 2.45) is 0 Å². The SMILES string of the molecule is COCC(=O)NC1CCN(C(=O)c2sc(N)nc2C)CC1. The van der Waals surface area contributed by atoms with Crippen molar-refractivity contribution in [1.29, 1.82) is 0 Å². The van der Waals surface area contributed by atoms with Crippen molar-refractivity contribution in [3.05, 3.63) is 10.6 Å². The van der Waals surface area contributed by atoms with Gasteiger partial charge in [-0.25, -0.2) is 4.98 Å². The fraction of sp³-hybridized carbons (Fsp3) is 0.615. The van der Waals surface area contributed by atoms with Crippen LogP contribution in [0.3, 0.4) is 0 Å². The molecule has 2 heterocycles. The van der Waals surface area contributed by atoms with E-state index in [1.165, 1.54) is 18.4 Å². The molecule has 0 spiro atoms. The highest BCUT2D eigenvalue weighted by Gasteiger charge is 2.26. The van der Waals surface area contributed by atoms with Gasteiger partial charge in [-0.3, -0.25) is 9.59 Å². The quantitative estimate of drug-likeness (QED) is 0.839. The van der Waals surface area contributed by atoms with Gasteiger partial charge >= 0.3 is 0 Å². The van der Waals surface area contributed by atoms with Gasteiger partial charge in [0.05, 0.1) is 5.69 Å². The van der Waals surface area contributed by atoms with E-state index in [4.69, 9.17) is 10.5 Å². The number of anilines is 1. The zero-order chi connectivity index (χ0) is 15.4. The summed E-state index contributed by atoms with van der Waals surface area (Å²) in [7, 11) is 1.49. The lowest BCUT2D eigenvalue weighted by molar-refractivity contribution is -0.125. The van der Waals surface area contributed by atoms with Gasteiger partial charge < -0.3 is 20.7 Å². The van der Waals surface area contributed by atoms with E-state index in [9.17, 15) is 9.59 Å². The molecule has 1 fully saturated rings. The van der Waals surface area contributed by atoms with E-state index in [2.05, 4.69) is 10.3 Å².